The summed E-state index contributed by atoms with van der Waals surface area (Å²) in [6.45, 7) is 18.5. The SMILES string of the molecule is CC(C)(C)c1ccc(N(C2=CC3c4ccccc4OC3(C)C=C2)c2cc3c4cscc4c4cc(N(C5=CCC(C)(C(C)(C)C)C=C5)c5ccc6oc7ccccc7c6c5)c5c6ccccc6oc5c4c3c3oc4ccccc4c23)cc1. The van der Waals surface area contributed by atoms with Crippen molar-refractivity contribution < 1.29 is 18.0 Å². The van der Waals surface area contributed by atoms with Crippen LogP contribution in [0.1, 0.15) is 78.9 Å². The van der Waals surface area contributed by atoms with Crippen molar-refractivity contribution in [3.8, 4) is 5.75 Å². The van der Waals surface area contributed by atoms with Gasteiger partial charge in [-0.2, -0.15) is 11.3 Å². The Morgan fingerprint density at radius 2 is 1.04 bits per heavy atom. The van der Waals surface area contributed by atoms with Gasteiger partial charge in [-0.3, -0.25) is 0 Å². The predicted octanol–water partition coefficient (Wildman–Crippen LogP) is 21.8. The van der Waals surface area contributed by atoms with Gasteiger partial charge >= 0.3 is 0 Å². The highest BCUT2D eigenvalue weighted by atomic mass is 32.1. The van der Waals surface area contributed by atoms with Gasteiger partial charge in [-0.05, 0) is 148 Å². The van der Waals surface area contributed by atoms with Gasteiger partial charge in [0.2, 0.25) is 0 Å². The average Bonchev–Trinajstić information content (AvgIpc) is 3.30. The Labute approximate surface area is 474 Å². The second-order valence-corrected chi connectivity index (χ2v) is 26.0. The van der Waals surface area contributed by atoms with Crippen molar-refractivity contribution in [1.29, 1.82) is 0 Å². The van der Waals surface area contributed by atoms with Crippen LogP contribution in [0.25, 0.3) is 98.1 Å². The molecule has 0 saturated heterocycles. The molecule has 16 rings (SSSR count). The monoisotopic (exact) mass is 1070 g/mol. The smallest absolute Gasteiger partial charge is 0.146 e. The number of benzene rings is 9. The van der Waals surface area contributed by atoms with Gasteiger partial charge in [0.1, 0.15) is 44.8 Å². The summed E-state index contributed by atoms with van der Waals surface area (Å²) in [5, 5.41) is 17.6. The van der Waals surface area contributed by atoms with E-state index in [9.17, 15) is 0 Å². The summed E-state index contributed by atoms with van der Waals surface area (Å²) in [6.07, 6.45) is 15.1. The van der Waals surface area contributed by atoms with Crippen molar-refractivity contribution in [3.05, 3.63) is 221 Å². The van der Waals surface area contributed by atoms with Gasteiger partial charge in [-0.1, -0.05) is 146 Å². The van der Waals surface area contributed by atoms with E-state index in [2.05, 4.69) is 258 Å². The molecule has 81 heavy (non-hydrogen) atoms. The number of allylic oxidation sites excluding steroid dienone is 4. The zero-order valence-corrected chi connectivity index (χ0v) is 47.6. The summed E-state index contributed by atoms with van der Waals surface area (Å²) in [5.74, 6) is 0.925. The topological polar surface area (TPSA) is 55.1 Å². The molecule has 7 heteroatoms. The van der Waals surface area contributed by atoms with Crippen LogP contribution in [0.5, 0.6) is 5.75 Å². The maximum absolute atomic E-state index is 7.43. The largest absolute Gasteiger partial charge is 0.482 e. The molecule has 1 aliphatic heterocycles. The molecule has 3 atom stereocenters. The van der Waals surface area contributed by atoms with Gasteiger partial charge in [0.05, 0.1) is 28.1 Å². The first-order valence-corrected chi connectivity index (χ1v) is 29.3. The van der Waals surface area contributed by atoms with Crippen LogP contribution >= 0.6 is 11.3 Å². The van der Waals surface area contributed by atoms with E-state index in [0.717, 1.165) is 144 Å². The first-order chi connectivity index (χ1) is 39.1. The number of anilines is 4. The molecule has 2 aliphatic carbocycles. The lowest BCUT2D eigenvalue weighted by Crippen LogP contribution is -2.34. The summed E-state index contributed by atoms with van der Waals surface area (Å²) in [5.41, 5.74) is 13.3. The van der Waals surface area contributed by atoms with Crippen LogP contribution in [0.4, 0.5) is 22.7 Å². The van der Waals surface area contributed by atoms with Crippen LogP contribution in [-0.4, -0.2) is 5.60 Å². The quantitative estimate of drug-likeness (QED) is 0.155. The van der Waals surface area contributed by atoms with Crippen molar-refractivity contribution >= 4 is 132 Å². The van der Waals surface area contributed by atoms with E-state index in [1.807, 2.05) is 6.07 Å². The van der Waals surface area contributed by atoms with Crippen LogP contribution < -0.4 is 14.5 Å². The van der Waals surface area contributed by atoms with Crippen molar-refractivity contribution in [2.75, 3.05) is 9.80 Å². The number of hydrogen-bond acceptors (Lipinski definition) is 7. The average molecular weight is 1070 g/mol. The minimum Gasteiger partial charge on any atom is -0.482 e. The van der Waals surface area contributed by atoms with Gasteiger partial charge in [-0.25, -0.2) is 0 Å². The molecule has 0 amide bonds. The summed E-state index contributed by atoms with van der Waals surface area (Å²) in [6, 6.07) is 54.6. The Kier molecular flexibility index (Phi) is 10.0. The van der Waals surface area contributed by atoms with Crippen molar-refractivity contribution in [3.63, 3.8) is 0 Å². The fraction of sp³-hybridized carbons (Fsp3) is 0.189. The number of hydrogen-bond donors (Lipinski definition) is 0. The summed E-state index contributed by atoms with van der Waals surface area (Å²) in [7, 11) is 0. The van der Waals surface area contributed by atoms with Crippen molar-refractivity contribution in [2.24, 2.45) is 10.8 Å². The molecule has 3 unspecified atom stereocenters. The molecule has 6 nitrogen and oxygen atoms in total. The Morgan fingerprint density at radius 1 is 0.494 bits per heavy atom. The maximum atomic E-state index is 7.43. The molecular weight excluding hydrogens is 1010 g/mol. The lowest BCUT2D eigenvalue weighted by Gasteiger charge is -2.42. The van der Waals surface area contributed by atoms with Crippen LogP contribution in [0.2, 0.25) is 0 Å². The molecule has 9 aromatic carbocycles. The third kappa shape index (κ3) is 7.04. The first-order valence-electron chi connectivity index (χ1n) is 28.4. The molecule has 0 N–H and O–H groups in total. The summed E-state index contributed by atoms with van der Waals surface area (Å²) < 4.78 is 28.1. The number of fused-ring (bicyclic) bond motifs is 20. The molecule has 0 radical (unpaired) electrons. The molecule has 3 aliphatic rings. The highest BCUT2D eigenvalue weighted by Gasteiger charge is 2.44. The van der Waals surface area contributed by atoms with E-state index in [1.165, 1.54) is 11.1 Å². The van der Waals surface area contributed by atoms with E-state index in [1.54, 1.807) is 11.3 Å². The number of thiophene rings is 1. The maximum Gasteiger partial charge on any atom is 0.146 e. The Balaban J connectivity index is 1.02. The zero-order chi connectivity index (χ0) is 54.9. The Hall–Kier alpha value is -8.78. The molecule has 0 spiro atoms. The van der Waals surface area contributed by atoms with Crippen LogP contribution in [0.3, 0.4) is 0 Å². The fourth-order valence-corrected chi connectivity index (χ4v) is 14.3. The van der Waals surface area contributed by atoms with E-state index in [-0.39, 0.29) is 22.2 Å². The molecule has 0 saturated carbocycles. The van der Waals surface area contributed by atoms with Crippen LogP contribution in [-0.2, 0) is 5.41 Å². The zero-order valence-electron chi connectivity index (χ0n) is 46.8. The lowest BCUT2D eigenvalue weighted by atomic mass is 9.64. The van der Waals surface area contributed by atoms with E-state index < -0.39 is 5.60 Å². The summed E-state index contributed by atoms with van der Waals surface area (Å²) >= 11 is 1.74. The molecule has 396 valence electrons. The minimum atomic E-state index is -0.526. The molecule has 0 bridgehead atoms. The van der Waals surface area contributed by atoms with Gasteiger partial charge in [-0.15, -0.1) is 0 Å². The first kappa shape index (κ1) is 48.2. The highest BCUT2D eigenvalue weighted by molar-refractivity contribution is 7.09. The molecule has 5 heterocycles. The predicted molar refractivity (Wildman–Crippen MR) is 339 cm³/mol. The van der Waals surface area contributed by atoms with Gasteiger partial charge in [0.15, 0.2) is 0 Å². The molecule has 0 fully saturated rings. The third-order valence-corrected chi connectivity index (χ3v) is 19.3. The minimum absolute atomic E-state index is 0.00596. The van der Waals surface area contributed by atoms with E-state index >= 15 is 0 Å². The molecule has 4 aromatic heterocycles. The molecule has 13 aromatic rings. The fourth-order valence-electron chi connectivity index (χ4n) is 13.5. The second kappa shape index (κ2) is 16.9. The second-order valence-electron chi connectivity index (χ2n) is 25.2. The van der Waals surface area contributed by atoms with Crippen LogP contribution in [0, 0.1) is 10.8 Å². The standard InChI is InChI=1S/C74H60N2O4S/c1-71(2,3)43-25-27-44(28-26-43)75(47-33-36-74(8)57(38-47)49-18-10-16-24-64(49)80-74)58-39-53-55-41-81-42-56(55)54-40-59(66-51-20-12-15-23-62(51)79-70(66)68(54)67(53)69-65(58)50-19-11-14-22-61(50)78-69)76(45-31-34-73(7,35-32-45)72(4,5)6)46-29-30-63-52(37-46)48-17-9-13-21-60(48)77-63/h9-34,36-42,57H,35H2,1-8H3. The van der Waals surface area contributed by atoms with Crippen molar-refractivity contribution in [1.82, 2.24) is 0 Å². The number of ether oxygens (including phenoxy) is 1. The Bertz CT molecular complexity index is 4960. The molecular formula is C74H60N2O4S. The Morgan fingerprint density at radius 3 is 1.64 bits per heavy atom. The number of nitrogens with zero attached hydrogens (tertiary/aromatic N) is 2. The van der Waals surface area contributed by atoms with Gasteiger partial charge in [0, 0.05) is 71.4 Å². The number of furan rings is 3. The number of para-hydroxylation sites is 4. The summed E-state index contributed by atoms with van der Waals surface area (Å²) in [4.78, 5) is 4.93. The third-order valence-electron chi connectivity index (χ3n) is 18.6. The van der Waals surface area contributed by atoms with Gasteiger partial charge < -0.3 is 27.8 Å². The van der Waals surface area contributed by atoms with E-state index in [4.69, 9.17) is 18.0 Å². The van der Waals surface area contributed by atoms with Gasteiger partial charge in [0.25, 0.3) is 0 Å². The van der Waals surface area contributed by atoms with E-state index in [0.29, 0.717) is 0 Å². The highest BCUT2D eigenvalue weighted by Crippen LogP contribution is 2.56. The van der Waals surface area contributed by atoms with Crippen molar-refractivity contribution in [2.45, 2.75) is 78.7 Å². The van der Waals surface area contributed by atoms with Crippen LogP contribution in [0.15, 0.2) is 224 Å². The normalized spacial score (nSPS) is 19.2. The number of rotatable bonds is 6. The lowest BCUT2D eigenvalue weighted by molar-refractivity contribution is 0.155.